The first kappa shape index (κ1) is 15.0. The normalized spacial score (nSPS) is 10.7. The molecule has 4 nitrogen and oxygen atoms in total. The maximum absolute atomic E-state index is 11.9. The number of hydrogen-bond acceptors (Lipinski definition) is 4. The van der Waals surface area contributed by atoms with Gasteiger partial charge in [0.25, 0.3) is 0 Å². The van der Waals surface area contributed by atoms with Gasteiger partial charge in [-0.2, -0.15) is 0 Å². The Labute approximate surface area is 133 Å². The van der Waals surface area contributed by atoms with Gasteiger partial charge < -0.3 is 9.15 Å². The Morgan fingerprint density at radius 3 is 2.35 bits per heavy atom. The summed E-state index contributed by atoms with van der Waals surface area (Å²) in [7, 11) is 1.62. The summed E-state index contributed by atoms with van der Waals surface area (Å²) < 4.78 is 10.5. The van der Waals surface area contributed by atoms with E-state index in [1.807, 2.05) is 43.3 Å². The molecule has 1 aromatic heterocycles. The molecule has 0 radical (unpaired) electrons. The third-order valence-electron chi connectivity index (χ3n) is 3.86. The molecule has 0 saturated heterocycles. The lowest BCUT2D eigenvalue weighted by atomic mass is 9.99. The van der Waals surface area contributed by atoms with E-state index in [-0.39, 0.29) is 11.3 Å². The molecule has 0 N–H and O–H groups in total. The number of methoxy groups -OCH3 is 1. The van der Waals surface area contributed by atoms with Gasteiger partial charge in [0.15, 0.2) is 5.78 Å². The van der Waals surface area contributed by atoms with E-state index in [0.29, 0.717) is 5.58 Å². The van der Waals surface area contributed by atoms with Crippen LogP contribution in [0.1, 0.15) is 22.8 Å². The quantitative estimate of drug-likeness (QED) is 0.542. The van der Waals surface area contributed by atoms with E-state index in [1.54, 1.807) is 13.2 Å². The number of carbonyl (C=O) groups is 1. The molecular weight excluding hydrogens is 292 g/mol. The van der Waals surface area contributed by atoms with Crippen LogP contribution in [0, 0.1) is 6.92 Å². The Balaban J connectivity index is 2.19. The largest absolute Gasteiger partial charge is 0.497 e. The minimum Gasteiger partial charge on any atom is -0.497 e. The fourth-order valence-electron chi connectivity index (χ4n) is 2.59. The van der Waals surface area contributed by atoms with Crippen molar-refractivity contribution in [2.75, 3.05) is 7.11 Å². The van der Waals surface area contributed by atoms with E-state index in [4.69, 9.17) is 9.15 Å². The first-order valence-electron chi connectivity index (χ1n) is 7.23. The lowest BCUT2D eigenvalue weighted by molar-refractivity contribution is 0.101. The number of carbonyl (C=O) groups excluding carboxylic acids is 1. The molecule has 3 rings (SSSR count). The third kappa shape index (κ3) is 2.75. The second-order valence-electron chi connectivity index (χ2n) is 5.44. The number of aryl methyl sites for hydroxylation is 1. The minimum absolute atomic E-state index is 0.0813. The maximum Gasteiger partial charge on any atom is 0.347 e. The zero-order valence-corrected chi connectivity index (χ0v) is 13.2. The molecule has 0 bridgehead atoms. The van der Waals surface area contributed by atoms with Crippen molar-refractivity contribution in [3.8, 4) is 16.9 Å². The van der Waals surface area contributed by atoms with Crippen molar-refractivity contribution in [1.29, 1.82) is 0 Å². The monoisotopic (exact) mass is 308 g/mol. The van der Waals surface area contributed by atoms with Gasteiger partial charge in [-0.15, -0.1) is 0 Å². The van der Waals surface area contributed by atoms with Gasteiger partial charge in [0.2, 0.25) is 0 Å². The molecule has 0 unspecified atom stereocenters. The van der Waals surface area contributed by atoms with Gasteiger partial charge in [-0.1, -0.05) is 18.2 Å². The van der Waals surface area contributed by atoms with Crippen LogP contribution in [0.2, 0.25) is 0 Å². The number of ketones is 1. The van der Waals surface area contributed by atoms with Crippen molar-refractivity contribution in [3.05, 3.63) is 64.0 Å². The van der Waals surface area contributed by atoms with Gasteiger partial charge in [0, 0.05) is 5.39 Å². The molecule has 0 fully saturated rings. The van der Waals surface area contributed by atoms with Gasteiger partial charge in [-0.25, -0.2) is 4.79 Å². The first-order chi connectivity index (χ1) is 11.0. The fraction of sp³-hybridized carbons (Fsp3) is 0.158. The molecule has 3 aromatic rings. The molecular formula is C19H16O4. The van der Waals surface area contributed by atoms with Crippen molar-refractivity contribution in [3.63, 3.8) is 0 Å². The summed E-state index contributed by atoms with van der Waals surface area (Å²) in [6, 6.07) is 13.1. The molecule has 0 aliphatic rings. The number of ether oxygens (including phenoxy) is 1. The van der Waals surface area contributed by atoms with Gasteiger partial charge in [-0.05, 0) is 54.8 Å². The molecule has 0 amide bonds. The highest BCUT2D eigenvalue weighted by molar-refractivity contribution is 5.97. The second kappa shape index (κ2) is 5.72. The smallest absolute Gasteiger partial charge is 0.347 e. The van der Waals surface area contributed by atoms with E-state index in [1.165, 1.54) is 6.92 Å². The van der Waals surface area contributed by atoms with Gasteiger partial charge in [0.1, 0.15) is 16.9 Å². The van der Waals surface area contributed by atoms with Gasteiger partial charge >= 0.3 is 5.63 Å². The lowest BCUT2D eigenvalue weighted by Crippen LogP contribution is -2.11. The van der Waals surface area contributed by atoms with E-state index < -0.39 is 5.63 Å². The number of benzene rings is 2. The Morgan fingerprint density at radius 2 is 1.74 bits per heavy atom. The topological polar surface area (TPSA) is 56.5 Å². The number of Topliss-reactive ketones (excluding diaryl/α,β-unsaturated/α-hetero) is 1. The fourth-order valence-corrected chi connectivity index (χ4v) is 2.59. The third-order valence-corrected chi connectivity index (χ3v) is 3.86. The highest BCUT2D eigenvalue weighted by Crippen LogP contribution is 2.28. The first-order valence-corrected chi connectivity index (χ1v) is 7.23. The molecule has 0 aliphatic heterocycles. The van der Waals surface area contributed by atoms with Crippen molar-refractivity contribution in [1.82, 2.24) is 0 Å². The van der Waals surface area contributed by atoms with Crippen molar-refractivity contribution < 1.29 is 13.9 Å². The summed E-state index contributed by atoms with van der Waals surface area (Å²) in [5, 5.41) is 0.770. The summed E-state index contributed by atoms with van der Waals surface area (Å²) in [5.74, 6) is 0.489. The SMILES string of the molecule is COc1ccc(-c2cc(C)c3cc(C(C)=O)c(=O)oc3c2)cc1. The average molecular weight is 308 g/mol. The highest BCUT2D eigenvalue weighted by atomic mass is 16.5. The van der Waals surface area contributed by atoms with Crippen LogP contribution >= 0.6 is 0 Å². The van der Waals surface area contributed by atoms with Crippen LogP contribution in [0.25, 0.3) is 22.1 Å². The summed E-state index contributed by atoms with van der Waals surface area (Å²) in [6.07, 6.45) is 0. The van der Waals surface area contributed by atoms with E-state index in [9.17, 15) is 9.59 Å². The van der Waals surface area contributed by atoms with Gasteiger partial charge in [-0.3, -0.25) is 4.79 Å². The predicted octanol–water partition coefficient (Wildman–Crippen LogP) is 3.98. The van der Waals surface area contributed by atoms with Crippen molar-refractivity contribution in [2.45, 2.75) is 13.8 Å². The van der Waals surface area contributed by atoms with Crippen LogP contribution in [0.5, 0.6) is 5.75 Å². The molecule has 23 heavy (non-hydrogen) atoms. The van der Waals surface area contributed by atoms with E-state index in [2.05, 4.69) is 0 Å². The van der Waals surface area contributed by atoms with E-state index in [0.717, 1.165) is 27.8 Å². The predicted molar refractivity (Wildman–Crippen MR) is 89.2 cm³/mol. The zero-order valence-electron chi connectivity index (χ0n) is 13.2. The summed E-state index contributed by atoms with van der Waals surface area (Å²) in [6.45, 7) is 3.29. The summed E-state index contributed by atoms with van der Waals surface area (Å²) >= 11 is 0. The minimum atomic E-state index is -0.601. The molecule has 0 atom stereocenters. The Bertz CT molecular complexity index is 950. The molecule has 0 spiro atoms. The molecule has 116 valence electrons. The van der Waals surface area contributed by atoms with Crippen LogP contribution in [0.15, 0.2) is 51.7 Å². The number of rotatable bonds is 3. The molecule has 0 saturated carbocycles. The van der Waals surface area contributed by atoms with Crippen LogP contribution in [-0.2, 0) is 0 Å². The van der Waals surface area contributed by atoms with Crippen molar-refractivity contribution >= 4 is 16.8 Å². The zero-order chi connectivity index (χ0) is 16.6. The average Bonchev–Trinajstić information content (AvgIpc) is 2.54. The van der Waals surface area contributed by atoms with Crippen LogP contribution in [0.3, 0.4) is 0 Å². The maximum atomic E-state index is 11.9. The lowest BCUT2D eigenvalue weighted by Gasteiger charge is -2.08. The van der Waals surface area contributed by atoms with Crippen LogP contribution < -0.4 is 10.4 Å². The molecule has 1 heterocycles. The molecule has 2 aromatic carbocycles. The summed E-state index contributed by atoms with van der Waals surface area (Å²) in [4.78, 5) is 23.4. The molecule has 0 aliphatic carbocycles. The second-order valence-corrected chi connectivity index (χ2v) is 5.44. The van der Waals surface area contributed by atoms with E-state index >= 15 is 0 Å². The van der Waals surface area contributed by atoms with Crippen LogP contribution in [-0.4, -0.2) is 12.9 Å². The number of hydrogen-bond donors (Lipinski definition) is 0. The Kier molecular flexibility index (Phi) is 3.74. The highest BCUT2D eigenvalue weighted by Gasteiger charge is 2.12. The number of fused-ring (bicyclic) bond motifs is 1. The Morgan fingerprint density at radius 1 is 1.04 bits per heavy atom. The standard InChI is InChI=1S/C19H16O4/c1-11-8-14(13-4-6-15(22-3)7-5-13)9-18-16(11)10-17(12(2)20)19(21)23-18/h4-10H,1-3H3. The summed E-state index contributed by atoms with van der Waals surface area (Å²) in [5.41, 5.74) is 2.84. The van der Waals surface area contributed by atoms with Crippen molar-refractivity contribution in [2.24, 2.45) is 0 Å². The Hall–Kier alpha value is -2.88. The van der Waals surface area contributed by atoms with Crippen LogP contribution in [0.4, 0.5) is 0 Å². The van der Waals surface area contributed by atoms with Gasteiger partial charge in [0.05, 0.1) is 7.11 Å². The molecule has 4 heteroatoms.